The van der Waals surface area contributed by atoms with Crippen molar-refractivity contribution < 1.29 is 4.42 Å². The van der Waals surface area contributed by atoms with Gasteiger partial charge in [0.1, 0.15) is 0 Å². The molecule has 1 atom stereocenters. The maximum atomic E-state index is 5.93. The molecule has 0 unspecified atom stereocenters. The fraction of sp³-hybridized carbons (Fsp3) is 0.368. The lowest BCUT2D eigenvalue weighted by molar-refractivity contribution is 0.173. The zero-order valence-electron chi connectivity index (χ0n) is 15.0. The number of piperazine rings is 1. The zero-order valence-corrected chi connectivity index (χ0v) is 15.0. The van der Waals surface area contributed by atoms with Crippen LogP contribution in [0.2, 0.25) is 0 Å². The Balaban J connectivity index is 1.41. The molecule has 1 aromatic carbocycles. The van der Waals surface area contributed by atoms with Crippen molar-refractivity contribution in [3.05, 3.63) is 54.2 Å². The van der Waals surface area contributed by atoms with E-state index in [1.165, 1.54) is 5.56 Å². The molecule has 1 aliphatic heterocycles. The van der Waals surface area contributed by atoms with Gasteiger partial charge in [-0.3, -0.25) is 4.90 Å². The second-order valence-corrected chi connectivity index (χ2v) is 6.56. The van der Waals surface area contributed by atoms with Crippen LogP contribution < -0.4 is 4.90 Å². The zero-order chi connectivity index (χ0) is 17.9. The maximum absolute atomic E-state index is 5.93. The molecule has 7 heteroatoms. The van der Waals surface area contributed by atoms with Gasteiger partial charge in [0.05, 0.1) is 6.04 Å². The van der Waals surface area contributed by atoms with Gasteiger partial charge in [0, 0.05) is 44.1 Å². The predicted molar refractivity (Wildman–Crippen MR) is 98.7 cm³/mol. The van der Waals surface area contributed by atoms with E-state index in [0.29, 0.717) is 11.8 Å². The number of aromatic nitrogens is 4. The predicted octanol–water partition coefficient (Wildman–Crippen LogP) is 2.72. The van der Waals surface area contributed by atoms with E-state index in [1.807, 2.05) is 30.3 Å². The fourth-order valence-electron chi connectivity index (χ4n) is 3.14. The molecule has 1 saturated heterocycles. The third kappa shape index (κ3) is 3.43. The topological polar surface area (TPSA) is 71.2 Å². The third-order valence-corrected chi connectivity index (χ3v) is 4.79. The molecule has 0 bridgehead atoms. The summed E-state index contributed by atoms with van der Waals surface area (Å²) >= 11 is 0. The molecular weight excluding hydrogens is 328 g/mol. The minimum absolute atomic E-state index is 0.0838. The fourth-order valence-corrected chi connectivity index (χ4v) is 3.14. The molecule has 0 saturated carbocycles. The average molecular weight is 350 g/mol. The summed E-state index contributed by atoms with van der Waals surface area (Å²) in [5.74, 6) is 2.02. The Labute approximate surface area is 152 Å². The molecule has 7 nitrogen and oxygen atoms in total. The van der Waals surface area contributed by atoms with Crippen molar-refractivity contribution in [2.24, 2.45) is 0 Å². The van der Waals surface area contributed by atoms with Crippen LogP contribution >= 0.6 is 0 Å². The maximum Gasteiger partial charge on any atom is 0.247 e. The summed E-state index contributed by atoms with van der Waals surface area (Å²) in [5, 5.41) is 8.49. The van der Waals surface area contributed by atoms with Gasteiger partial charge >= 0.3 is 0 Å². The van der Waals surface area contributed by atoms with Crippen molar-refractivity contribution in [2.75, 3.05) is 31.1 Å². The quantitative estimate of drug-likeness (QED) is 0.716. The van der Waals surface area contributed by atoms with Gasteiger partial charge in [-0.05, 0) is 32.0 Å². The largest absolute Gasteiger partial charge is 0.419 e. The van der Waals surface area contributed by atoms with Gasteiger partial charge in [-0.2, -0.15) is 0 Å². The van der Waals surface area contributed by atoms with Gasteiger partial charge in [0.25, 0.3) is 0 Å². The van der Waals surface area contributed by atoms with E-state index in [1.54, 1.807) is 12.4 Å². The van der Waals surface area contributed by atoms with Crippen molar-refractivity contribution in [3.63, 3.8) is 0 Å². The molecular formula is C19H22N6O. The highest BCUT2D eigenvalue weighted by Crippen LogP contribution is 2.25. The first-order chi connectivity index (χ1) is 12.7. The van der Waals surface area contributed by atoms with Crippen LogP contribution in [0.5, 0.6) is 0 Å². The van der Waals surface area contributed by atoms with E-state index in [-0.39, 0.29) is 6.04 Å². The SMILES string of the molecule is Cc1ccc(-c2nnc([C@H](C)N3CCN(c4ncccn4)CC3)o2)cc1. The molecule has 134 valence electrons. The molecule has 1 fully saturated rings. The highest BCUT2D eigenvalue weighted by Gasteiger charge is 2.26. The van der Waals surface area contributed by atoms with Gasteiger partial charge < -0.3 is 9.32 Å². The number of aryl methyl sites for hydroxylation is 1. The standard InChI is InChI=1S/C19H22N6O/c1-14-4-6-16(7-5-14)18-23-22-17(26-18)15(2)24-10-12-25(13-11-24)19-20-8-3-9-21-19/h3-9,15H,10-13H2,1-2H3/t15-/m0/s1. The van der Waals surface area contributed by atoms with Gasteiger partial charge in [0.15, 0.2) is 0 Å². The lowest BCUT2D eigenvalue weighted by atomic mass is 10.1. The first kappa shape index (κ1) is 16.7. The summed E-state index contributed by atoms with van der Waals surface area (Å²) < 4.78 is 5.93. The highest BCUT2D eigenvalue weighted by atomic mass is 16.4. The smallest absolute Gasteiger partial charge is 0.247 e. The molecule has 26 heavy (non-hydrogen) atoms. The molecule has 0 amide bonds. The molecule has 2 aromatic heterocycles. The Kier molecular flexibility index (Phi) is 4.62. The third-order valence-electron chi connectivity index (χ3n) is 4.79. The molecule has 3 aromatic rings. The van der Waals surface area contributed by atoms with Gasteiger partial charge in [-0.1, -0.05) is 17.7 Å². The second kappa shape index (κ2) is 7.21. The van der Waals surface area contributed by atoms with Crippen LogP contribution in [0.15, 0.2) is 47.1 Å². The Morgan fingerprint density at radius 3 is 2.35 bits per heavy atom. The summed E-state index contributed by atoms with van der Waals surface area (Å²) in [7, 11) is 0. The van der Waals surface area contributed by atoms with Crippen molar-refractivity contribution in [2.45, 2.75) is 19.9 Å². The van der Waals surface area contributed by atoms with Crippen LogP contribution in [0.4, 0.5) is 5.95 Å². The first-order valence-electron chi connectivity index (χ1n) is 8.87. The van der Waals surface area contributed by atoms with E-state index in [4.69, 9.17) is 4.42 Å². The normalized spacial score (nSPS) is 16.6. The van der Waals surface area contributed by atoms with Crippen LogP contribution in [-0.4, -0.2) is 51.2 Å². The summed E-state index contributed by atoms with van der Waals surface area (Å²) in [5.41, 5.74) is 2.16. The van der Waals surface area contributed by atoms with Crippen LogP contribution in [0.25, 0.3) is 11.5 Å². The molecule has 3 heterocycles. The summed E-state index contributed by atoms with van der Waals surface area (Å²) in [6, 6.07) is 10.0. The van der Waals surface area contributed by atoms with Crippen molar-refractivity contribution >= 4 is 5.95 Å². The number of benzene rings is 1. The van der Waals surface area contributed by atoms with Crippen LogP contribution in [0.3, 0.4) is 0 Å². The monoisotopic (exact) mass is 350 g/mol. The average Bonchev–Trinajstić information content (AvgIpc) is 3.19. The van der Waals surface area contributed by atoms with E-state index in [9.17, 15) is 0 Å². The summed E-state index contributed by atoms with van der Waals surface area (Å²) in [4.78, 5) is 13.2. The Morgan fingerprint density at radius 1 is 0.962 bits per heavy atom. The Bertz CT molecular complexity index is 840. The van der Waals surface area contributed by atoms with E-state index < -0.39 is 0 Å². The lowest BCUT2D eigenvalue weighted by Crippen LogP contribution is -2.47. The van der Waals surface area contributed by atoms with Crippen molar-refractivity contribution in [3.8, 4) is 11.5 Å². The van der Waals surface area contributed by atoms with E-state index in [2.05, 4.69) is 43.8 Å². The number of anilines is 1. The van der Waals surface area contributed by atoms with Gasteiger partial charge in [-0.15, -0.1) is 10.2 Å². The highest BCUT2D eigenvalue weighted by molar-refractivity contribution is 5.52. The molecule has 1 aliphatic rings. The van der Waals surface area contributed by atoms with Gasteiger partial charge in [0.2, 0.25) is 17.7 Å². The molecule has 0 spiro atoms. The van der Waals surface area contributed by atoms with Crippen LogP contribution in [-0.2, 0) is 0 Å². The van der Waals surface area contributed by atoms with Crippen molar-refractivity contribution in [1.29, 1.82) is 0 Å². The van der Waals surface area contributed by atoms with Crippen LogP contribution in [0, 0.1) is 6.92 Å². The number of hydrogen-bond donors (Lipinski definition) is 0. The molecule has 4 rings (SSSR count). The van der Waals surface area contributed by atoms with Crippen molar-refractivity contribution in [1.82, 2.24) is 25.1 Å². The first-order valence-corrected chi connectivity index (χ1v) is 8.87. The number of rotatable bonds is 4. The van der Waals surface area contributed by atoms with Gasteiger partial charge in [-0.25, -0.2) is 9.97 Å². The minimum atomic E-state index is 0.0838. The van der Waals surface area contributed by atoms with Crippen LogP contribution in [0.1, 0.15) is 24.4 Å². The molecule has 0 radical (unpaired) electrons. The molecule has 0 aliphatic carbocycles. The van der Waals surface area contributed by atoms with E-state index >= 15 is 0 Å². The molecule has 0 N–H and O–H groups in total. The minimum Gasteiger partial charge on any atom is -0.419 e. The second-order valence-electron chi connectivity index (χ2n) is 6.56. The summed E-state index contributed by atoms with van der Waals surface area (Å²) in [6.07, 6.45) is 3.56. The Hall–Kier alpha value is -2.80. The summed E-state index contributed by atoms with van der Waals surface area (Å²) in [6.45, 7) is 7.75. The Morgan fingerprint density at radius 2 is 1.65 bits per heavy atom. The lowest BCUT2D eigenvalue weighted by Gasteiger charge is -2.36. The number of nitrogens with zero attached hydrogens (tertiary/aromatic N) is 6. The van der Waals surface area contributed by atoms with E-state index in [0.717, 1.165) is 37.7 Å². The number of hydrogen-bond acceptors (Lipinski definition) is 7.